The fraction of sp³-hybridized carbons (Fsp3) is 0.786. The topological polar surface area (TPSA) is 35.3 Å². The molecular weight excluding hydrogens is 250 g/mol. The third-order valence-electron chi connectivity index (χ3n) is 3.40. The monoisotopic (exact) mass is 273 g/mol. The molecule has 0 fully saturated rings. The van der Waals surface area contributed by atoms with Crippen molar-refractivity contribution in [1.82, 2.24) is 4.98 Å². The second kappa shape index (κ2) is 7.80. The molecule has 0 amide bonds. The van der Waals surface area contributed by atoms with Gasteiger partial charge in [0.05, 0.1) is 11.8 Å². The number of ether oxygens (including phenoxy) is 1. The lowest BCUT2D eigenvalue weighted by Crippen LogP contribution is -2.27. The van der Waals surface area contributed by atoms with Crippen molar-refractivity contribution >= 4 is 11.6 Å². The molecule has 1 atom stereocenters. The molecule has 0 aliphatic carbocycles. The Morgan fingerprint density at radius 2 is 2.11 bits per heavy atom. The molecule has 1 heterocycles. The molecule has 0 saturated carbocycles. The summed E-state index contributed by atoms with van der Waals surface area (Å²) in [5.74, 6) is 0.688. The van der Waals surface area contributed by atoms with E-state index in [1.807, 2.05) is 0 Å². The largest absolute Gasteiger partial charge is 0.430 e. The first-order valence-corrected chi connectivity index (χ1v) is 7.21. The highest BCUT2D eigenvalue weighted by Crippen LogP contribution is 2.25. The summed E-state index contributed by atoms with van der Waals surface area (Å²) in [6.07, 6.45) is 8.78. The predicted octanol–water partition coefficient (Wildman–Crippen LogP) is 4.98. The van der Waals surface area contributed by atoms with Crippen LogP contribution in [-0.2, 0) is 11.3 Å². The Hall–Kier alpha value is -0.540. The molecule has 1 aromatic heterocycles. The Bertz CT molecular complexity index is 340. The van der Waals surface area contributed by atoms with Gasteiger partial charge in [-0.05, 0) is 31.4 Å². The SMILES string of the molecule is CCCCCCC(C)(CC)OCc1cnc(Cl)o1. The van der Waals surface area contributed by atoms with E-state index in [1.165, 1.54) is 25.7 Å². The summed E-state index contributed by atoms with van der Waals surface area (Å²) in [6, 6.07) is 0. The lowest BCUT2D eigenvalue weighted by molar-refractivity contribution is -0.0588. The fourth-order valence-electron chi connectivity index (χ4n) is 1.87. The number of aromatic nitrogens is 1. The molecule has 0 spiro atoms. The Kier molecular flexibility index (Phi) is 6.72. The van der Waals surface area contributed by atoms with Crippen molar-refractivity contribution in [3.05, 3.63) is 17.3 Å². The van der Waals surface area contributed by atoms with Gasteiger partial charge < -0.3 is 9.15 Å². The molecule has 0 saturated heterocycles. The maximum absolute atomic E-state index is 5.97. The average molecular weight is 274 g/mol. The number of halogens is 1. The second-order valence-electron chi connectivity index (χ2n) is 4.98. The van der Waals surface area contributed by atoms with E-state index in [2.05, 4.69) is 25.8 Å². The van der Waals surface area contributed by atoms with E-state index in [0.29, 0.717) is 12.4 Å². The van der Waals surface area contributed by atoms with Crippen LogP contribution in [-0.4, -0.2) is 10.6 Å². The lowest BCUT2D eigenvalue weighted by atomic mass is 9.95. The van der Waals surface area contributed by atoms with Crippen molar-refractivity contribution in [2.75, 3.05) is 0 Å². The van der Waals surface area contributed by atoms with E-state index in [4.69, 9.17) is 20.8 Å². The van der Waals surface area contributed by atoms with Crippen LogP contribution in [0, 0.1) is 0 Å². The number of rotatable bonds is 9. The van der Waals surface area contributed by atoms with Gasteiger partial charge in [0.15, 0.2) is 5.76 Å². The molecule has 0 radical (unpaired) electrons. The third kappa shape index (κ3) is 5.40. The molecule has 4 heteroatoms. The lowest BCUT2D eigenvalue weighted by Gasteiger charge is -2.28. The summed E-state index contributed by atoms with van der Waals surface area (Å²) in [6.45, 7) is 6.99. The predicted molar refractivity (Wildman–Crippen MR) is 73.8 cm³/mol. The Morgan fingerprint density at radius 3 is 2.67 bits per heavy atom. The van der Waals surface area contributed by atoms with Gasteiger partial charge in [0.2, 0.25) is 0 Å². The maximum atomic E-state index is 5.97. The summed E-state index contributed by atoms with van der Waals surface area (Å²) >= 11 is 5.63. The minimum absolute atomic E-state index is 0.0764. The van der Waals surface area contributed by atoms with Crippen molar-refractivity contribution in [2.24, 2.45) is 0 Å². The average Bonchev–Trinajstić information content (AvgIpc) is 2.78. The van der Waals surface area contributed by atoms with Gasteiger partial charge in [-0.25, -0.2) is 4.98 Å². The molecule has 0 aromatic carbocycles. The quantitative estimate of drug-likeness (QED) is 0.595. The van der Waals surface area contributed by atoms with Crippen LogP contribution in [0.1, 0.15) is 65.1 Å². The molecule has 1 aromatic rings. The van der Waals surface area contributed by atoms with Gasteiger partial charge in [-0.1, -0.05) is 39.5 Å². The van der Waals surface area contributed by atoms with Gasteiger partial charge in [0, 0.05) is 0 Å². The minimum Gasteiger partial charge on any atom is -0.430 e. The number of hydrogen-bond donors (Lipinski definition) is 0. The van der Waals surface area contributed by atoms with Crippen molar-refractivity contribution in [1.29, 1.82) is 0 Å². The van der Waals surface area contributed by atoms with Crippen LogP contribution < -0.4 is 0 Å². The third-order valence-corrected chi connectivity index (χ3v) is 3.57. The Morgan fingerprint density at radius 1 is 1.33 bits per heavy atom. The van der Waals surface area contributed by atoms with E-state index in [0.717, 1.165) is 12.8 Å². The molecule has 0 aliphatic heterocycles. The van der Waals surface area contributed by atoms with E-state index in [-0.39, 0.29) is 11.0 Å². The van der Waals surface area contributed by atoms with Crippen LogP contribution in [0.25, 0.3) is 0 Å². The van der Waals surface area contributed by atoms with Crippen LogP contribution in [0.2, 0.25) is 5.35 Å². The molecular formula is C14H24ClNO2. The molecule has 0 bridgehead atoms. The number of oxazole rings is 1. The zero-order chi connectivity index (χ0) is 13.4. The molecule has 3 nitrogen and oxygen atoms in total. The van der Waals surface area contributed by atoms with E-state index in [9.17, 15) is 0 Å². The highest BCUT2D eigenvalue weighted by atomic mass is 35.5. The Balaban J connectivity index is 2.34. The van der Waals surface area contributed by atoms with Gasteiger partial charge in [-0.3, -0.25) is 0 Å². The molecule has 1 unspecified atom stereocenters. The summed E-state index contributed by atoms with van der Waals surface area (Å²) in [7, 11) is 0. The molecule has 104 valence electrons. The summed E-state index contributed by atoms with van der Waals surface area (Å²) in [5, 5.41) is 0.176. The van der Waals surface area contributed by atoms with Gasteiger partial charge in [-0.15, -0.1) is 0 Å². The first-order valence-electron chi connectivity index (χ1n) is 6.84. The van der Waals surface area contributed by atoms with E-state index in [1.54, 1.807) is 6.20 Å². The summed E-state index contributed by atoms with van der Waals surface area (Å²) in [5.41, 5.74) is -0.0764. The summed E-state index contributed by atoms with van der Waals surface area (Å²) < 4.78 is 11.2. The number of hydrogen-bond acceptors (Lipinski definition) is 3. The minimum atomic E-state index is -0.0764. The molecule has 18 heavy (non-hydrogen) atoms. The first-order chi connectivity index (χ1) is 8.59. The molecule has 0 aliphatic rings. The molecule has 1 rings (SSSR count). The van der Waals surface area contributed by atoms with Crippen molar-refractivity contribution in [3.8, 4) is 0 Å². The highest BCUT2D eigenvalue weighted by Gasteiger charge is 2.22. The maximum Gasteiger partial charge on any atom is 0.292 e. The fourth-order valence-corrected chi connectivity index (χ4v) is 2.02. The Labute approximate surface area is 115 Å². The smallest absolute Gasteiger partial charge is 0.292 e. The molecule has 0 N–H and O–H groups in total. The summed E-state index contributed by atoms with van der Waals surface area (Å²) in [4.78, 5) is 3.85. The van der Waals surface area contributed by atoms with E-state index < -0.39 is 0 Å². The van der Waals surface area contributed by atoms with Gasteiger partial charge in [-0.2, -0.15) is 0 Å². The zero-order valence-electron chi connectivity index (χ0n) is 11.7. The standard InChI is InChI=1S/C14H24ClNO2/c1-4-6-7-8-9-14(3,5-2)17-11-12-10-16-13(15)18-12/h10H,4-9,11H2,1-3H3. The van der Waals surface area contributed by atoms with E-state index >= 15 is 0 Å². The van der Waals surface area contributed by atoms with Gasteiger partial charge in [0.25, 0.3) is 5.35 Å². The zero-order valence-corrected chi connectivity index (χ0v) is 12.4. The van der Waals surface area contributed by atoms with Gasteiger partial charge >= 0.3 is 0 Å². The highest BCUT2D eigenvalue weighted by molar-refractivity contribution is 6.27. The van der Waals surface area contributed by atoms with Gasteiger partial charge in [0.1, 0.15) is 6.61 Å². The van der Waals surface area contributed by atoms with Crippen molar-refractivity contribution in [2.45, 2.75) is 71.5 Å². The number of nitrogens with zero attached hydrogens (tertiary/aromatic N) is 1. The first kappa shape index (κ1) is 15.5. The van der Waals surface area contributed by atoms with Crippen LogP contribution >= 0.6 is 11.6 Å². The van der Waals surface area contributed by atoms with Crippen LogP contribution in [0.15, 0.2) is 10.6 Å². The van der Waals surface area contributed by atoms with Crippen LogP contribution in [0.5, 0.6) is 0 Å². The van der Waals surface area contributed by atoms with Crippen molar-refractivity contribution < 1.29 is 9.15 Å². The normalized spacial score (nSPS) is 14.7. The number of unbranched alkanes of at least 4 members (excludes halogenated alkanes) is 3. The van der Waals surface area contributed by atoms with Crippen molar-refractivity contribution in [3.63, 3.8) is 0 Å². The second-order valence-corrected chi connectivity index (χ2v) is 5.31. The van der Waals surface area contributed by atoms with Crippen LogP contribution in [0.4, 0.5) is 0 Å². The van der Waals surface area contributed by atoms with Crippen LogP contribution in [0.3, 0.4) is 0 Å².